The monoisotopic (exact) mass is 184 g/mol. The van der Waals surface area contributed by atoms with Gasteiger partial charge in [-0.3, -0.25) is 4.79 Å². The SMILES string of the molecule is CN1C(=O)CCOC12CCCNC2. The van der Waals surface area contributed by atoms with Gasteiger partial charge in [0.2, 0.25) is 5.91 Å². The number of nitrogens with zero attached hydrogens (tertiary/aromatic N) is 1. The first-order chi connectivity index (χ1) is 6.25. The predicted octanol–water partition coefficient (Wildman–Crippen LogP) is -0.0552. The second kappa shape index (κ2) is 3.27. The highest BCUT2D eigenvalue weighted by Crippen LogP contribution is 2.28. The molecule has 2 saturated heterocycles. The van der Waals surface area contributed by atoms with Crippen LogP contribution < -0.4 is 5.32 Å². The third-order valence-electron chi connectivity index (χ3n) is 2.99. The summed E-state index contributed by atoms with van der Waals surface area (Å²) in [4.78, 5) is 13.3. The Balaban J connectivity index is 2.13. The van der Waals surface area contributed by atoms with E-state index in [1.165, 1.54) is 0 Å². The molecule has 0 radical (unpaired) electrons. The first-order valence-corrected chi connectivity index (χ1v) is 4.86. The molecular weight excluding hydrogens is 168 g/mol. The normalized spacial score (nSPS) is 35.5. The molecule has 1 unspecified atom stereocenters. The van der Waals surface area contributed by atoms with Gasteiger partial charge in [-0.15, -0.1) is 0 Å². The molecule has 1 N–H and O–H groups in total. The van der Waals surface area contributed by atoms with Crippen molar-refractivity contribution in [1.29, 1.82) is 0 Å². The van der Waals surface area contributed by atoms with Crippen LogP contribution in [0.2, 0.25) is 0 Å². The fourth-order valence-electron chi connectivity index (χ4n) is 2.09. The van der Waals surface area contributed by atoms with E-state index in [1.807, 2.05) is 7.05 Å². The highest BCUT2D eigenvalue weighted by atomic mass is 16.5. The molecule has 0 bridgehead atoms. The minimum atomic E-state index is -0.340. The van der Waals surface area contributed by atoms with Crippen LogP contribution >= 0.6 is 0 Å². The molecular formula is C9H16N2O2. The van der Waals surface area contributed by atoms with Gasteiger partial charge >= 0.3 is 0 Å². The van der Waals surface area contributed by atoms with Gasteiger partial charge in [0.1, 0.15) is 0 Å². The number of hydrogen-bond acceptors (Lipinski definition) is 3. The molecule has 4 heteroatoms. The van der Waals surface area contributed by atoms with Crippen LogP contribution in [-0.4, -0.2) is 43.3 Å². The van der Waals surface area contributed by atoms with Crippen molar-refractivity contribution < 1.29 is 9.53 Å². The summed E-state index contributed by atoms with van der Waals surface area (Å²) in [6, 6.07) is 0. The van der Waals surface area contributed by atoms with Crippen LogP contribution in [0.15, 0.2) is 0 Å². The van der Waals surface area contributed by atoms with Crippen LogP contribution in [0.3, 0.4) is 0 Å². The Morgan fingerprint density at radius 3 is 3.15 bits per heavy atom. The number of piperidine rings is 1. The second-order valence-electron chi connectivity index (χ2n) is 3.78. The molecule has 1 atom stereocenters. The van der Waals surface area contributed by atoms with Gasteiger partial charge in [0.15, 0.2) is 5.72 Å². The van der Waals surface area contributed by atoms with Crippen LogP contribution in [0.5, 0.6) is 0 Å². The molecule has 13 heavy (non-hydrogen) atoms. The maximum absolute atomic E-state index is 11.5. The lowest BCUT2D eigenvalue weighted by atomic mass is 9.99. The van der Waals surface area contributed by atoms with Gasteiger partial charge in [0.05, 0.1) is 13.0 Å². The lowest BCUT2D eigenvalue weighted by Crippen LogP contribution is -2.62. The molecule has 2 aliphatic heterocycles. The van der Waals surface area contributed by atoms with Crippen molar-refractivity contribution in [2.45, 2.75) is 25.0 Å². The van der Waals surface area contributed by atoms with Crippen LogP contribution in [-0.2, 0) is 9.53 Å². The lowest BCUT2D eigenvalue weighted by Gasteiger charge is -2.47. The van der Waals surface area contributed by atoms with Gasteiger partial charge in [0, 0.05) is 13.6 Å². The zero-order valence-corrected chi connectivity index (χ0v) is 8.01. The first-order valence-electron chi connectivity index (χ1n) is 4.86. The minimum Gasteiger partial charge on any atom is -0.354 e. The van der Waals surface area contributed by atoms with E-state index in [-0.39, 0.29) is 11.6 Å². The molecule has 0 aromatic heterocycles. The Kier molecular flexibility index (Phi) is 2.26. The highest BCUT2D eigenvalue weighted by Gasteiger charge is 2.42. The number of nitrogens with one attached hydrogen (secondary N) is 1. The van der Waals surface area contributed by atoms with E-state index in [1.54, 1.807) is 4.90 Å². The van der Waals surface area contributed by atoms with Crippen LogP contribution in [0, 0.1) is 0 Å². The van der Waals surface area contributed by atoms with E-state index >= 15 is 0 Å². The van der Waals surface area contributed by atoms with E-state index in [0.29, 0.717) is 13.0 Å². The van der Waals surface area contributed by atoms with Gasteiger partial charge < -0.3 is 15.0 Å². The van der Waals surface area contributed by atoms with Crippen LogP contribution in [0.25, 0.3) is 0 Å². The van der Waals surface area contributed by atoms with E-state index < -0.39 is 0 Å². The molecule has 1 amide bonds. The number of carbonyl (C=O) groups excluding carboxylic acids is 1. The number of hydrogen-bond donors (Lipinski definition) is 1. The summed E-state index contributed by atoms with van der Waals surface area (Å²) in [7, 11) is 1.84. The van der Waals surface area contributed by atoms with Crippen LogP contribution in [0.1, 0.15) is 19.3 Å². The van der Waals surface area contributed by atoms with Gasteiger partial charge in [-0.25, -0.2) is 0 Å². The third-order valence-corrected chi connectivity index (χ3v) is 2.99. The number of amides is 1. The molecule has 2 rings (SSSR count). The lowest BCUT2D eigenvalue weighted by molar-refractivity contribution is -0.196. The molecule has 2 aliphatic rings. The van der Waals surface area contributed by atoms with Crippen molar-refractivity contribution in [3.63, 3.8) is 0 Å². The Labute approximate surface area is 78.2 Å². The fourth-order valence-corrected chi connectivity index (χ4v) is 2.09. The van der Waals surface area contributed by atoms with Gasteiger partial charge in [-0.1, -0.05) is 0 Å². The summed E-state index contributed by atoms with van der Waals surface area (Å²) in [5, 5.41) is 3.28. The Bertz CT molecular complexity index is 206. The number of rotatable bonds is 0. The molecule has 4 nitrogen and oxygen atoms in total. The number of carbonyl (C=O) groups is 1. The van der Waals surface area contributed by atoms with Crippen LogP contribution in [0.4, 0.5) is 0 Å². The molecule has 2 heterocycles. The minimum absolute atomic E-state index is 0.204. The fraction of sp³-hybridized carbons (Fsp3) is 0.889. The quantitative estimate of drug-likeness (QED) is 0.573. The van der Waals surface area contributed by atoms with Gasteiger partial charge in [0.25, 0.3) is 0 Å². The number of ether oxygens (including phenoxy) is 1. The smallest absolute Gasteiger partial charge is 0.226 e. The molecule has 0 aromatic carbocycles. The van der Waals surface area contributed by atoms with Crippen molar-refractivity contribution in [2.75, 3.05) is 26.7 Å². The third kappa shape index (κ3) is 1.44. The average Bonchev–Trinajstić information content (AvgIpc) is 2.16. The van der Waals surface area contributed by atoms with Crippen molar-refractivity contribution in [3.8, 4) is 0 Å². The Morgan fingerprint density at radius 2 is 2.46 bits per heavy atom. The standard InChI is InChI=1S/C9H16N2O2/c1-11-8(12)3-6-13-9(11)4-2-5-10-7-9/h10H,2-7H2,1H3. The molecule has 0 aromatic rings. The Hall–Kier alpha value is -0.610. The summed E-state index contributed by atoms with van der Waals surface area (Å²) in [5.74, 6) is 0.204. The predicted molar refractivity (Wildman–Crippen MR) is 48.2 cm³/mol. The average molecular weight is 184 g/mol. The van der Waals surface area contributed by atoms with Crippen molar-refractivity contribution >= 4 is 5.91 Å². The molecule has 2 fully saturated rings. The summed E-state index contributed by atoms with van der Waals surface area (Å²) in [5.41, 5.74) is -0.340. The molecule has 74 valence electrons. The van der Waals surface area contributed by atoms with E-state index in [9.17, 15) is 4.79 Å². The van der Waals surface area contributed by atoms with Crippen molar-refractivity contribution in [3.05, 3.63) is 0 Å². The highest BCUT2D eigenvalue weighted by molar-refractivity contribution is 5.77. The summed E-state index contributed by atoms with van der Waals surface area (Å²) >= 11 is 0. The first kappa shape index (κ1) is 8.97. The van der Waals surface area contributed by atoms with E-state index in [2.05, 4.69) is 5.32 Å². The zero-order valence-electron chi connectivity index (χ0n) is 8.01. The summed E-state index contributed by atoms with van der Waals surface area (Å²) < 4.78 is 5.73. The summed E-state index contributed by atoms with van der Waals surface area (Å²) in [6.07, 6.45) is 2.57. The molecule has 1 spiro atoms. The molecule has 0 saturated carbocycles. The van der Waals surface area contributed by atoms with Gasteiger partial charge in [-0.05, 0) is 19.4 Å². The van der Waals surface area contributed by atoms with Crippen molar-refractivity contribution in [1.82, 2.24) is 10.2 Å². The van der Waals surface area contributed by atoms with E-state index in [0.717, 1.165) is 25.9 Å². The maximum atomic E-state index is 11.5. The van der Waals surface area contributed by atoms with E-state index in [4.69, 9.17) is 4.74 Å². The Morgan fingerprint density at radius 1 is 1.62 bits per heavy atom. The van der Waals surface area contributed by atoms with Gasteiger partial charge in [-0.2, -0.15) is 0 Å². The second-order valence-corrected chi connectivity index (χ2v) is 3.78. The largest absolute Gasteiger partial charge is 0.354 e. The summed E-state index contributed by atoms with van der Waals surface area (Å²) in [6.45, 7) is 2.38. The topological polar surface area (TPSA) is 41.6 Å². The molecule has 0 aliphatic carbocycles. The maximum Gasteiger partial charge on any atom is 0.226 e. The number of likely N-dealkylation sites (N-methyl/N-ethyl adjacent to an activating group) is 1. The van der Waals surface area contributed by atoms with Crippen molar-refractivity contribution in [2.24, 2.45) is 0 Å². The zero-order chi connectivity index (χ0) is 9.31.